The number of hydrogen-bond donors (Lipinski definition) is 1. The molecule has 1 aliphatic heterocycles. The Labute approximate surface area is 198 Å². The molecule has 1 heterocycles. The molecule has 2 heteroatoms. The molecule has 32 heavy (non-hydrogen) atoms. The first-order valence-corrected chi connectivity index (χ1v) is 14.1. The number of rotatable bonds is 1. The Morgan fingerprint density at radius 3 is 2.00 bits per heavy atom. The van der Waals surface area contributed by atoms with E-state index in [-0.39, 0.29) is 11.7 Å². The summed E-state index contributed by atoms with van der Waals surface area (Å²) in [6.07, 6.45) is 14.3. The van der Waals surface area contributed by atoms with E-state index in [9.17, 15) is 5.11 Å². The quantitative estimate of drug-likeness (QED) is 0.447. The summed E-state index contributed by atoms with van der Waals surface area (Å²) in [4.78, 5) is 0. The van der Waals surface area contributed by atoms with Gasteiger partial charge in [0.05, 0.1) is 17.3 Å². The SMILES string of the molecule is CC1(C)CCC[C@]2(C)[C@H]3CC[C@@H]4[C@H]([C@]5(C)CC[C@H](O)C(C)(C)O5)CC[C@@]4(C)[C@]3(C)CC[C@@H]12. The average molecular weight is 445 g/mol. The Morgan fingerprint density at radius 2 is 1.31 bits per heavy atom. The van der Waals surface area contributed by atoms with Crippen molar-refractivity contribution in [3.8, 4) is 0 Å². The van der Waals surface area contributed by atoms with E-state index in [0.29, 0.717) is 27.6 Å². The summed E-state index contributed by atoms with van der Waals surface area (Å²) in [5, 5.41) is 10.5. The zero-order valence-corrected chi connectivity index (χ0v) is 22.5. The van der Waals surface area contributed by atoms with Gasteiger partial charge < -0.3 is 9.84 Å². The van der Waals surface area contributed by atoms with Gasteiger partial charge in [-0.15, -0.1) is 0 Å². The van der Waals surface area contributed by atoms with Gasteiger partial charge in [-0.2, -0.15) is 0 Å². The first-order chi connectivity index (χ1) is 14.7. The molecule has 4 saturated carbocycles. The van der Waals surface area contributed by atoms with Crippen LogP contribution in [0.4, 0.5) is 0 Å². The summed E-state index contributed by atoms with van der Waals surface area (Å²) in [6.45, 7) is 19.9. The maximum atomic E-state index is 10.5. The summed E-state index contributed by atoms with van der Waals surface area (Å²) in [6, 6.07) is 0. The molecule has 0 aromatic carbocycles. The fourth-order valence-electron chi connectivity index (χ4n) is 11.3. The van der Waals surface area contributed by atoms with Crippen molar-refractivity contribution in [1.29, 1.82) is 0 Å². The third-order valence-electron chi connectivity index (χ3n) is 13.1. The van der Waals surface area contributed by atoms with E-state index < -0.39 is 5.60 Å². The van der Waals surface area contributed by atoms with Crippen LogP contribution in [-0.4, -0.2) is 22.4 Å². The summed E-state index contributed by atoms with van der Waals surface area (Å²) in [5.41, 5.74) is 1.43. The Balaban J connectivity index is 1.46. The number of hydrogen-bond acceptors (Lipinski definition) is 2. The second-order valence-electron chi connectivity index (χ2n) is 15.2. The third kappa shape index (κ3) is 2.96. The minimum absolute atomic E-state index is 0.0811. The highest BCUT2D eigenvalue weighted by atomic mass is 16.5. The van der Waals surface area contributed by atoms with Crippen LogP contribution in [0, 0.1) is 45.3 Å². The van der Waals surface area contributed by atoms with Crippen molar-refractivity contribution in [3.05, 3.63) is 0 Å². The number of aliphatic hydroxyl groups excluding tert-OH is 1. The summed E-state index contributed by atoms with van der Waals surface area (Å²) in [5.74, 6) is 3.20. The summed E-state index contributed by atoms with van der Waals surface area (Å²) < 4.78 is 6.80. The fraction of sp³-hybridized carbons (Fsp3) is 1.00. The molecular weight excluding hydrogens is 392 g/mol. The number of fused-ring (bicyclic) bond motifs is 5. The van der Waals surface area contributed by atoms with E-state index in [1.165, 1.54) is 57.8 Å². The molecule has 1 saturated heterocycles. The van der Waals surface area contributed by atoms with Crippen LogP contribution in [0.5, 0.6) is 0 Å². The highest BCUT2D eigenvalue weighted by Crippen LogP contribution is 2.76. The van der Waals surface area contributed by atoms with Crippen LogP contribution in [0.3, 0.4) is 0 Å². The highest BCUT2D eigenvalue weighted by molar-refractivity contribution is 5.18. The van der Waals surface area contributed by atoms with Crippen molar-refractivity contribution < 1.29 is 9.84 Å². The monoisotopic (exact) mass is 444 g/mol. The largest absolute Gasteiger partial charge is 0.390 e. The Morgan fingerprint density at radius 1 is 0.625 bits per heavy atom. The second kappa shape index (κ2) is 6.99. The van der Waals surface area contributed by atoms with Gasteiger partial charge in [-0.3, -0.25) is 0 Å². The van der Waals surface area contributed by atoms with Crippen molar-refractivity contribution in [1.82, 2.24) is 0 Å². The van der Waals surface area contributed by atoms with Crippen molar-refractivity contribution in [2.75, 3.05) is 0 Å². The van der Waals surface area contributed by atoms with Crippen LogP contribution >= 0.6 is 0 Å². The lowest BCUT2D eigenvalue weighted by Gasteiger charge is -2.69. The molecule has 0 amide bonds. The van der Waals surface area contributed by atoms with Gasteiger partial charge in [0.1, 0.15) is 0 Å². The fourth-order valence-corrected chi connectivity index (χ4v) is 11.3. The van der Waals surface area contributed by atoms with Crippen molar-refractivity contribution >= 4 is 0 Å². The van der Waals surface area contributed by atoms with Gasteiger partial charge in [-0.25, -0.2) is 0 Å². The minimum atomic E-state index is -0.424. The molecule has 5 rings (SSSR count). The molecule has 5 aliphatic rings. The van der Waals surface area contributed by atoms with E-state index in [1.54, 1.807) is 0 Å². The molecule has 0 radical (unpaired) electrons. The van der Waals surface area contributed by atoms with Gasteiger partial charge in [-0.1, -0.05) is 41.0 Å². The van der Waals surface area contributed by atoms with Gasteiger partial charge in [0.2, 0.25) is 0 Å². The summed E-state index contributed by atoms with van der Waals surface area (Å²) >= 11 is 0. The van der Waals surface area contributed by atoms with Crippen molar-refractivity contribution in [2.45, 2.75) is 143 Å². The second-order valence-corrected chi connectivity index (χ2v) is 15.2. The van der Waals surface area contributed by atoms with Crippen LogP contribution < -0.4 is 0 Å². The molecule has 0 bridgehead atoms. The molecule has 5 fully saturated rings. The first-order valence-electron chi connectivity index (χ1n) is 14.1. The molecule has 0 unspecified atom stereocenters. The van der Waals surface area contributed by atoms with Crippen molar-refractivity contribution in [2.24, 2.45) is 45.3 Å². The van der Waals surface area contributed by atoms with Crippen LogP contribution in [0.1, 0.15) is 126 Å². The van der Waals surface area contributed by atoms with Gasteiger partial charge >= 0.3 is 0 Å². The zero-order valence-electron chi connectivity index (χ0n) is 22.5. The molecule has 0 aromatic rings. The van der Waals surface area contributed by atoms with Crippen LogP contribution in [-0.2, 0) is 4.74 Å². The highest BCUT2D eigenvalue weighted by Gasteiger charge is 2.69. The smallest absolute Gasteiger partial charge is 0.0891 e. The van der Waals surface area contributed by atoms with E-state index >= 15 is 0 Å². The standard InChI is InChI=1S/C30H52O2/c1-25(2)15-9-16-27(5)22(25)13-18-29(7)23(27)11-10-20-21(12-17-28(20,29)6)30(8)19-14-24(31)26(3,4)32-30/h20-24,31H,9-19H2,1-8H3/t20-,21-,22+,23-,24+,27+,28-,29-,30+/m1/s1. The minimum Gasteiger partial charge on any atom is -0.390 e. The third-order valence-corrected chi connectivity index (χ3v) is 13.1. The molecule has 9 atom stereocenters. The topological polar surface area (TPSA) is 29.5 Å². The van der Waals surface area contributed by atoms with E-state index in [0.717, 1.165) is 30.6 Å². The van der Waals surface area contributed by atoms with Crippen LogP contribution in [0.25, 0.3) is 0 Å². The number of ether oxygens (including phenoxy) is 1. The maximum absolute atomic E-state index is 10.5. The predicted octanol–water partition coefficient (Wildman–Crippen LogP) is 7.77. The number of aliphatic hydroxyl groups is 1. The Kier molecular flexibility index (Phi) is 5.17. The van der Waals surface area contributed by atoms with Crippen LogP contribution in [0.2, 0.25) is 0 Å². The lowest BCUT2D eigenvalue weighted by Crippen LogP contribution is -2.63. The summed E-state index contributed by atoms with van der Waals surface area (Å²) in [7, 11) is 0. The predicted molar refractivity (Wildman–Crippen MR) is 132 cm³/mol. The van der Waals surface area contributed by atoms with E-state index in [4.69, 9.17) is 4.74 Å². The molecule has 2 nitrogen and oxygen atoms in total. The lowest BCUT2D eigenvalue weighted by molar-refractivity contribution is -0.250. The van der Waals surface area contributed by atoms with Gasteiger partial charge in [0, 0.05) is 0 Å². The van der Waals surface area contributed by atoms with Gasteiger partial charge in [0.25, 0.3) is 0 Å². The van der Waals surface area contributed by atoms with Gasteiger partial charge in [0.15, 0.2) is 0 Å². The zero-order chi connectivity index (χ0) is 23.4. The maximum Gasteiger partial charge on any atom is 0.0891 e. The average Bonchev–Trinajstić information content (AvgIpc) is 3.03. The van der Waals surface area contributed by atoms with Crippen LogP contribution in [0.15, 0.2) is 0 Å². The molecule has 184 valence electrons. The van der Waals surface area contributed by atoms with E-state index in [2.05, 4.69) is 55.4 Å². The van der Waals surface area contributed by atoms with Gasteiger partial charge in [-0.05, 0) is 130 Å². The normalized spacial score (nSPS) is 56.7. The molecule has 0 aromatic heterocycles. The molecule has 0 spiro atoms. The molecule has 1 N–H and O–H groups in total. The Bertz CT molecular complexity index is 756. The first kappa shape index (κ1) is 23.7. The Hall–Kier alpha value is -0.0800. The lowest BCUT2D eigenvalue weighted by atomic mass is 9.35. The van der Waals surface area contributed by atoms with Crippen molar-refractivity contribution in [3.63, 3.8) is 0 Å². The molecule has 4 aliphatic carbocycles. The molecular formula is C30H52O2. The van der Waals surface area contributed by atoms with E-state index in [1.807, 2.05) is 0 Å².